The predicted octanol–water partition coefficient (Wildman–Crippen LogP) is 5.47. The van der Waals surface area contributed by atoms with Gasteiger partial charge in [-0.3, -0.25) is 4.79 Å². The minimum Gasteiger partial charge on any atom is -0.790 e. The number of unbranched alkanes of at least 4 members (excludes halogenated alkanes) is 7. The number of hydrogen-bond acceptors (Lipinski definition) is 3. The first kappa shape index (κ1) is 21.6. The van der Waals surface area contributed by atoms with Gasteiger partial charge in [0.1, 0.15) is 7.37 Å². The molecule has 2 aromatic rings. The Labute approximate surface area is 163 Å². The van der Waals surface area contributed by atoms with Crippen LogP contribution in [0.4, 0.5) is 0 Å². The van der Waals surface area contributed by atoms with Crippen LogP contribution >= 0.6 is 7.37 Å². The lowest BCUT2D eigenvalue weighted by Gasteiger charge is -2.22. The van der Waals surface area contributed by atoms with Crippen LogP contribution in [0, 0.1) is 0 Å². The molecule has 1 atom stereocenters. The predicted molar refractivity (Wildman–Crippen MR) is 111 cm³/mol. The zero-order valence-electron chi connectivity index (χ0n) is 16.2. The topological polar surface area (TPSA) is 57.2 Å². The van der Waals surface area contributed by atoms with Gasteiger partial charge in [-0.1, -0.05) is 106 Å². The largest absolute Gasteiger partial charge is 0.790 e. The Morgan fingerprint density at radius 2 is 1.37 bits per heavy atom. The van der Waals surface area contributed by atoms with Crippen LogP contribution in [0.1, 0.15) is 74.2 Å². The third-order valence-electron chi connectivity index (χ3n) is 4.88. The fourth-order valence-electron chi connectivity index (χ4n) is 3.19. The third-order valence-corrected chi connectivity index (χ3v) is 6.65. The minimum absolute atomic E-state index is 0.0676. The Morgan fingerprint density at radius 1 is 0.815 bits per heavy atom. The highest BCUT2D eigenvalue weighted by Crippen LogP contribution is 2.38. The molecule has 0 amide bonds. The Hall–Kier alpha value is -1.70. The third kappa shape index (κ3) is 6.75. The molecule has 2 rings (SSSR count). The van der Waals surface area contributed by atoms with E-state index in [4.69, 9.17) is 0 Å². The van der Waals surface area contributed by atoms with Crippen molar-refractivity contribution in [2.75, 3.05) is 0 Å². The average molecular weight is 385 g/mol. The van der Waals surface area contributed by atoms with E-state index in [2.05, 4.69) is 6.92 Å². The van der Waals surface area contributed by atoms with E-state index in [1.165, 1.54) is 57.1 Å². The first-order chi connectivity index (χ1) is 13.1. The van der Waals surface area contributed by atoms with Crippen LogP contribution in [0.15, 0.2) is 54.6 Å². The Morgan fingerprint density at radius 3 is 1.96 bits per heavy atom. The molecule has 0 saturated carbocycles. The smallest absolute Gasteiger partial charge is 0.211 e. The van der Waals surface area contributed by atoms with Crippen molar-refractivity contribution < 1.29 is 14.3 Å². The van der Waals surface area contributed by atoms with Crippen LogP contribution in [0.5, 0.6) is 0 Å². The zero-order chi connectivity index (χ0) is 19.5. The summed E-state index contributed by atoms with van der Waals surface area (Å²) < 4.78 is 12.4. The van der Waals surface area contributed by atoms with Crippen molar-refractivity contribution in [3.05, 3.63) is 65.7 Å². The summed E-state index contributed by atoms with van der Waals surface area (Å²) in [4.78, 5) is 24.8. The molecule has 0 saturated heterocycles. The van der Waals surface area contributed by atoms with Gasteiger partial charge in [0.15, 0.2) is 0 Å². The summed E-state index contributed by atoms with van der Waals surface area (Å²) in [6, 6.07) is 14.9. The standard InChI is InChI=1S/C23H31O3P/c1-2-3-4-5-6-7-8-10-13-20-16-18-21(19-17-20)23(24)27(25,26)22-14-11-9-12-15-22/h9,11-12,14-19H,2-8,10,13H2,1H3,(H,25,26)/p-1. The molecule has 0 heterocycles. The van der Waals surface area contributed by atoms with Crippen molar-refractivity contribution in [2.45, 2.75) is 64.7 Å². The zero-order valence-corrected chi connectivity index (χ0v) is 17.1. The molecular weight excluding hydrogens is 355 g/mol. The van der Waals surface area contributed by atoms with E-state index in [-0.39, 0.29) is 10.9 Å². The summed E-state index contributed by atoms with van der Waals surface area (Å²) in [5.41, 5.74) is 0.571. The maximum atomic E-state index is 12.4. The highest BCUT2D eigenvalue weighted by Gasteiger charge is 2.22. The molecule has 0 aliphatic heterocycles. The number of benzene rings is 2. The van der Waals surface area contributed by atoms with Gasteiger partial charge in [-0.15, -0.1) is 0 Å². The molecule has 146 valence electrons. The van der Waals surface area contributed by atoms with Gasteiger partial charge in [-0.2, -0.15) is 0 Å². The molecule has 0 radical (unpaired) electrons. The van der Waals surface area contributed by atoms with E-state index in [9.17, 15) is 14.3 Å². The summed E-state index contributed by atoms with van der Waals surface area (Å²) in [6.07, 6.45) is 11.2. The van der Waals surface area contributed by atoms with E-state index in [0.717, 1.165) is 18.4 Å². The van der Waals surface area contributed by atoms with Gasteiger partial charge in [-0.05, 0) is 18.4 Å². The van der Waals surface area contributed by atoms with Crippen LogP contribution in [0.3, 0.4) is 0 Å². The van der Waals surface area contributed by atoms with Crippen LogP contribution in [-0.2, 0) is 11.0 Å². The molecule has 2 aromatic carbocycles. The first-order valence-corrected chi connectivity index (χ1v) is 11.7. The molecular formula is C23H30O3P-. The van der Waals surface area contributed by atoms with Gasteiger partial charge < -0.3 is 9.46 Å². The van der Waals surface area contributed by atoms with Crippen LogP contribution in [0.25, 0.3) is 0 Å². The number of carbonyl (C=O) groups excluding carboxylic acids is 1. The SMILES string of the molecule is CCCCCCCCCCc1ccc(C(=O)P(=O)([O-])c2ccccc2)cc1. The van der Waals surface area contributed by atoms with E-state index in [1.807, 2.05) is 12.1 Å². The maximum Gasteiger partial charge on any atom is 0.211 e. The maximum absolute atomic E-state index is 12.4. The molecule has 1 unspecified atom stereocenters. The van der Waals surface area contributed by atoms with Crippen molar-refractivity contribution in [1.82, 2.24) is 0 Å². The minimum atomic E-state index is -4.30. The van der Waals surface area contributed by atoms with Crippen molar-refractivity contribution >= 4 is 18.2 Å². The fraction of sp³-hybridized carbons (Fsp3) is 0.435. The van der Waals surface area contributed by atoms with E-state index < -0.39 is 12.9 Å². The lowest BCUT2D eigenvalue weighted by molar-refractivity contribution is -0.168. The summed E-state index contributed by atoms with van der Waals surface area (Å²) in [5, 5.41) is 0.0676. The van der Waals surface area contributed by atoms with E-state index in [0.29, 0.717) is 0 Å². The monoisotopic (exact) mass is 385 g/mol. The first-order valence-electron chi connectivity index (χ1n) is 10.1. The number of rotatable bonds is 12. The van der Waals surface area contributed by atoms with Gasteiger partial charge in [0, 0.05) is 10.9 Å². The molecule has 0 N–H and O–H groups in total. The van der Waals surface area contributed by atoms with Gasteiger partial charge in [0.05, 0.1) is 0 Å². The van der Waals surface area contributed by atoms with Crippen molar-refractivity contribution in [1.29, 1.82) is 0 Å². The highest BCUT2D eigenvalue weighted by atomic mass is 31.2. The fourth-order valence-corrected chi connectivity index (χ4v) is 4.48. The van der Waals surface area contributed by atoms with Crippen molar-refractivity contribution in [3.63, 3.8) is 0 Å². The lowest BCUT2D eigenvalue weighted by atomic mass is 10.0. The normalized spacial score (nSPS) is 13.3. The van der Waals surface area contributed by atoms with Crippen LogP contribution < -0.4 is 10.2 Å². The second kappa shape index (κ2) is 11.2. The Balaban J connectivity index is 1.81. The molecule has 0 aliphatic carbocycles. The second-order valence-electron chi connectivity index (χ2n) is 7.11. The molecule has 27 heavy (non-hydrogen) atoms. The van der Waals surface area contributed by atoms with Crippen LogP contribution in [-0.4, -0.2) is 5.52 Å². The molecule has 4 heteroatoms. The molecule has 0 aliphatic rings. The summed E-state index contributed by atoms with van der Waals surface area (Å²) in [5.74, 6) is 0. The molecule has 0 fully saturated rings. The van der Waals surface area contributed by atoms with Gasteiger partial charge in [-0.25, -0.2) is 0 Å². The molecule has 3 nitrogen and oxygen atoms in total. The molecule has 0 spiro atoms. The van der Waals surface area contributed by atoms with E-state index in [1.54, 1.807) is 30.3 Å². The number of carbonyl (C=O) groups is 1. The summed E-state index contributed by atoms with van der Waals surface area (Å²) >= 11 is 0. The van der Waals surface area contributed by atoms with Gasteiger partial charge in [0.25, 0.3) is 0 Å². The van der Waals surface area contributed by atoms with Crippen molar-refractivity contribution in [3.8, 4) is 0 Å². The molecule has 0 aromatic heterocycles. The number of hydrogen-bond donors (Lipinski definition) is 0. The Bertz CT molecular complexity index is 738. The van der Waals surface area contributed by atoms with Gasteiger partial charge >= 0.3 is 0 Å². The highest BCUT2D eigenvalue weighted by molar-refractivity contribution is 7.81. The average Bonchev–Trinajstić information content (AvgIpc) is 2.70. The Kier molecular flexibility index (Phi) is 8.97. The second-order valence-corrected chi connectivity index (χ2v) is 9.14. The van der Waals surface area contributed by atoms with E-state index >= 15 is 0 Å². The lowest BCUT2D eigenvalue weighted by Crippen LogP contribution is -2.22. The van der Waals surface area contributed by atoms with Gasteiger partial charge in [0.2, 0.25) is 5.52 Å². The quantitative estimate of drug-likeness (QED) is 0.359. The summed E-state index contributed by atoms with van der Waals surface area (Å²) in [6.45, 7) is 2.23. The summed E-state index contributed by atoms with van der Waals surface area (Å²) in [7, 11) is -4.30. The van der Waals surface area contributed by atoms with Crippen LogP contribution in [0.2, 0.25) is 0 Å². The number of aryl methyl sites for hydroxylation is 1. The van der Waals surface area contributed by atoms with Crippen molar-refractivity contribution in [2.24, 2.45) is 0 Å². The molecule has 0 bridgehead atoms.